The average Bonchev–Trinajstić information content (AvgIpc) is 2.88. The van der Waals surface area contributed by atoms with Gasteiger partial charge in [-0.15, -0.1) is 11.6 Å². The largest absolute Gasteiger partial charge is 0.412 e. The highest BCUT2D eigenvalue weighted by molar-refractivity contribution is 6.20. The van der Waals surface area contributed by atoms with Crippen molar-refractivity contribution in [1.82, 2.24) is 15.5 Å². The SMILES string of the molecule is C.COC1CCCCC1OC1CC=C(CN[C@@H](CN2CCC(C3CCC(Cl)CC3)C(C)(C)C2)C(C)C)CN1.O.O.O. The molecule has 0 bridgehead atoms. The summed E-state index contributed by atoms with van der Waals surface area (Å²) in [5, 5.41) is 7.99. The number of halogens is 1. The summed E-state index contributed by atoms with van der Waals surface area (Å²) in [5.41, 5.74) is 1.85. The number of likely N-dealkylation sites (tertiary alicyclic amines) is 1. The zero-order valence-electron chi connectivity index (χ0n) is 25.9. The van der Waals surface area contributed by atoms with E-state index in [-0.39, 0.29) is 42.3 Å². The van der Waals surface area contributed by atoms with Gasteiger partial charge in [-0.25, -0.2) is 0 Å². The molecule has 2 aliphatic carbocycles. The van der Waals surface area contributed by atoms with Gasteiger partial charge in [-0.3, -0.25) is 5.32 Å². The van der Waals surface area contributed by atoms with E-state index in [1.54, 1.807) is 0 Å². The van der Waals surface area contributed by atoms with Crippen LogP contribution in [0.15, 0.2) is 11.6 Å². The summed E-state index contributed by atoms with van der Waals surface area (Å²) in [5.74, 6) is 2.34. The topological polar surface area (TPSA) is 140 Å². The van der Waals surface area contributed by atoms with Crippen molar-refractivity contribution in [1.29, 1.82) is 0 Å². The third-order valence-electron chi connectivity index (χ3n) is 9.97. The second-order valence-electron chi connectivity index (χ2n) is 13.6. The van der Waals surface area contributed by atoms with Crippen molar-refractivity contribution in [2.45, 2.75) is 129 Å². The summed E-state index contributed by atoms with van der Waals surface area (Å²) < 4.78 is 12.1. The standard InChI is InChI=1S/C31H56ClN3O2.CH4.3H2O/c1-22(2)27(20-35-17-16-26(31(3,4)21-35)24-11-13-25(32)14-12-24)33-18-23-10-15-30(34-19-23)37-29-9-7-6-8-28(29)36-5;;;;/h10,22,24-30,33-34H,6-9,11-21H2,1-5H3;1H4;3*1H2/t24?,25?,26?,27-,28?,29?,30?;;;;/m0..../s1. The van der Waals surface area contributed by atoms with Crippen LogP contribution in [0.2, 0.25) is 0 Å². The van der Waals surface area contributed by atoms with Gasteiger partial charge in [0, 0.05) is 51.1 Å². The van der Waals surface area contributed by atoms with Crippen LogP contribution in [0.1, 0.15) is 99.3 Å². The summed E-state index contributed by atoms with van der Waals surface area (Å²) in [7, 11) is 1.82. The number of piperidine rings is 1. The summed E-state index contributed by atoms with van der Waals surface area (Å²) in [6.45, 7) is 15.3. The molecule has 41 heavy (non-hydrogen) atoms. The van der Waals surface area contributed by atoms with Crippen LogP contribution >= 0.6 is 11.6 Å². The monoisotopic (exact) mass is 607 g/mol. The lowest BCUT2D eigenvalue weighted by Gasteiger charge is -2.49. The Labute approximate surface area is 256 Å². The van der Waals surface area contributed by atoms with Crippen LogP contribution in [0.25, 0.3) is 0 Å². The molecule has 5 atom stereocenters. The van der Waals surface area contributed by atoms with Crippen LogP contribution in [-0.4, -0.2) is 91.0 Å². The molecule has 0 radical (unpaired) electrons. The molecule has 246 valence electrons. The lowest BCUT2D eigenvalue weighted by molar-refractivity contribution is -0.115. The van der Waals surface area contributed by atoms with Crippen molar-refractivity contribution < 1.29 is 25.9 Å². The number of hydrogen-bond acceptors (Lipinski definition) is 5. The lowest BCUT2D eigenvalue weighted by atomic mass is 9.64. The molecule has 0 amide bonds. The van der Waals surface area contributed by atoms with Crippen molar-refractivity contribution in [3.05, 3.63) is 11.6 Å². The number of rotatable bonds is 10. The van der Waals surface area contributed by atoms with Gasteiger partial charge in [-0.05, 0) is 80.2 Å². The Balaban J connectivity index is 0.00000400. The highest BCUT2D eigenvalue weighted by Gasteiger charge is 2.41. The van der Waals surface area contributed by atoms with Crippen molar-refractivity contribution in [2.24, 2.45) is 23.2 Å². The third kappa shape index (κ3) is 11.6. The van der Waals surface area contributed by atoms with Gasteiger partial charge in [-0.2, -0.15) is 0 Å². The molecule has 4 unspecified atom stereocenters. The first kappa shape index (κ1) is 40.7. The third-order valence-corrected chi connectivity index (χ3v) is 10.4. The van der Waals surface area contributed by atoms with Crippen molar-refractivity contribution >= 4 is 11.6 Å². The van der Waals surface area contributed by atoms with Gasteiger partial charge in [0.2, 0.25) is 0 Å². The van der Waals surface area contributed by atoms with Gasteiger partial charge in [0.1, 0.15) is 6.23 Å². The van der Waals surface area contributed by atoms with Gasteiger partial charge < -0.3 is 36.1 Å². The second kappa shape index (κ2) is 19.2. The summed E-state index contributed by atoms with van der Waals surface area (Å²) >= 11 is 6.41. The minimum atomic E-state index is 0. The number of nitrogens with one attached hydrogen (secondary N) is 2. The second-order valence-corrected chi connectivity index (χ2v) is 14.2. The van der Waals surface area contributed by atoms with E-state index in [1.165, 1.54) is 63.6 Å². The lowest BCUT2D eigenvalue weighted by Crippen LogP contribution is -2.53. The fourth-order valence-corrected chi connectivity index (χ4v) is 7.91. The molecule has 2 saturated carbocycles. The van der Waals surface area contributed by atoms with Crippen LogP contribution in [0, 0.1) is 23.2 Å². The zero-order valence-corrected chi connectivity index (χ0v) is 26.7. The molecule has 0 aromatic heterocycles. The molecule has 2 aliphatic heterocycles. The average molecular weight is 608 g/mol. The van der Waals surface area contributed by atoms with Gasteiger partial charge >= 0.3 is 0 Å². The van der Waals surface area contributed by atoms with E-state index >= 15 is 0 Å². The van der Waals surface area contributed by atoms with E-state index in [1.807, 2.05) is 7.11 Å². The maximum atomic E-state index is 6.41. The molecule has 8 nitrogen and oxygen atoms in total. The van der Waals surface area contributed by atoms with Crippen molar-refractivity contribution in [3.8, 4) is 0 Å². The van der Waals surface area contributed by atoms with Gasteiger partial charge in [0.15, 0.2) is 0 Å². The van der Waals surface area contributed by atoms with Crippen LogP contribution in [0.5, 0.6) is 0 Å². The Morgan fingerprint density at radius 1 is 1.02 bits per heavy atom. The Morgan fingerprint density at radius 2 is 1.68 bits per heavy atom. The van der Waals surface area contributed by atoms with E-state index in [0.29, 0.717) is 22.8 Å². The molecular formula is C32H66ClN3O5. The molecule has 1 saturated heterocycles. The maximum absolute atomic E-state index is 6.41. The normalized spacial score (nSPS) is 32.8. The van der Waals surface area contributed by atoms with Crippen LogP contribution in [0.4, 0.5) is 0 Å². The Hall–Kier alpha value is -0.290. The summed E-state index contributed by atoms with van der Waals surface area (Å²) in [6.07, 6.45) is 15.2. The van der Waals surface area contributed by atoms with Gasteiger partial charge in [0.25, 0.3) is 0 Å². The van der Waals surface area contributed by atoms with Crippen LogP contribution in [0.3, 0.4) is 0 Å². The summed E-state index contributed by atoms with van der Waals surface area (Å²) in [4.78, 5) is 2.75. The molecule has 0 aromatic rings. The molecule has 0 aromatic carbocycles. The maximum Gasteiger partial charge on any atom is 0.112 e. The van der Waals surface area contributed by atoms with E-state index in [2.05, 4.69) is 49.3 Å². The first-order valence-electron chi connectivity index (χ1n) is 15.4. The highest BCUT2D eigenvalue weighted by Crippen LogP contribution is 2.45. The van der Waals surface area contributed by atoms with Crippen LogP contribution < -0.4 is 10.6 Å². The number of ether oxygens (including phenoxy) is 2. The van der Waals surface area contributed by atoms with Gasteiger partial charge in [0.05, 0.1) is 12.2 Å². The number of methoxy groups -OCH3 is 1. The molecule has 4 aliphatic rings. The van der Waals surface area contributed by atoms with Gasteiger partial charge in [-0.1, -0.05) is 54.0 Å². The highest BCUT2D eigenvalue weighted by atomic mass is 35.5. The first-order chi connectivity index (χ1) is 17.7. The Morgan fingerprint density at radius 3 is 2.24 bits per heavy atom. The van der Waals surface area contributed by atoms with E-state index in [9.17, 15) is 0 Å². The fraction of sp³-hybridized carbons (Fsp3) is 0.938. The van der Waals surface area contributed by atoms with Crippen molar-refractivity contribution in [2.75, 3.05) is 39.8 Å². The van der Waals surface area contributed by atoms with E-state index in [4.69, 9.17) is 21.1 Å². The van der Waals surface area contributed by atoms with E-state index < -0.39 is 0 Å². The number of alkyl halides is 1. The smallest absolute Gasteiger partial charge is 0.112 e. The zero-order chi connectivity index (χ0) is 26.4. The number of nitrogens with zero attached hydrogens (tertiary/aromatic N) is 1. The molecule has 0 spiro atoms. The van der Waals surface area contributed by atoms with E-state index in [0.717, 1.165) is 50.7 Å². The first-order valence-corrected chi connectivity index (χ1v) is 15.9. The van der Waals surface area contributed by atoms with Crippen molar-refractivity contribution in [3.63, 3.8) is 0 Å². The Kier molecular flexibility index (Phi) is 19.0. The molecule has 2 heterocycles. The fourth-order valence-electron chi connectivity index (χ4n) is 7.66. The quantitative estimate of drug-likeness (QED) is 0.284. The molecule has 9 heteroatoms. The predicted molar refractivity (Wildman–Crippen MR) is 173 cm³/mol. The van der Waals surface area contributed by atoms with Crippen LogP contribution in [-0.2, 0) is 9.47 Å². The molecule has 8 N–H and O–H groups in total. The molecule has 3 fully saturated rings. The number of hydrogen-bond donors (Lipinski definition) is 2. The Bertz CT molecular complexity index is 732. The molecular weight excluding hydrogens is 542 g/mol. The summed E-state index contributed by atoms with van der Waals surface area (Å²) in [6, 6.07) is 0.513. The minimum Gasteiger partial charge on any atom is -0.412 e. The molecule has 4 rings (SSSR count). The predicted octanol–water partition coefficient (Wildman–Crippen LogP) is 4.13. The minimum absolute atomic E-state index is 0.